The number of carbonyl (C=O) groups excluding carboxylic acids is 4. The van der Waals surface area contributed by atoms with E-state index in [1.165, 1.54) is 18.2 Å². The topological polar surface area (TPSA) is 186 Å². The Labute approximate surface area is 200 Å². The lowest BCUT2D eigenvalue weighted by Crippen LogP contribution is -2.56. The van der Waals surface area contributed by atoms with Crippen LogP contribution in [-0.2, 0) is 32.0 Å². The monoisotopic (exact) mass is 482 g/mol. The maximum absolute atomic E-state index is 13.6. The van der Waals surface area contributed by atoms with Crippen molar-refractivity contribution in [1.29, 1.82) is 0 Å². The number of fused-ring (bicyclic) bond motifs is 1. The van der Waals surface area contributed by atoms with Gasteiger partial charge in [-0.1, -0.05) is 30.3 Å². The Morgan fingerprint density at radius 3 is 2.31 bits per heavy atom. The van der Waals surface area contributed by atoms with Gasteiger partial charge in [0, 0.05) is 29.9 Å². The number of rotatable bonds is 11. The van der Waals surface area contributed by atoms with E-state index < -0.39 is 54.0 Å². The van der Waals surface area contributed by atoms with Gasteiger partial charge in [-0.2, -0.15) is 0 Å². The van der Waals surface area contributed by atoms with E-state index in [4.69, 9.17) is 17.2 Å². The molecule has 3 aromatic rings. The van der Waals surface area contributed by atoms with Crippen molar-refractivity contribution in [3.8, 4) is 0 Å². The van der Waals surface area contributed by atoms with Crippen molar-refractivity contribution in [1.82, 2.24) is 15.6 Å². The lowest BCUT2D eigenvalue weighted by Gasteiger charge is -2.23. The Morgan fingerprint density at radius 1 is 0.914 bits per heavy atom. The smallest absolute Gasteiger partial charge is 0.243 e. The molecule has 0 aliphatic heterocycles. The second kappa shape index (κ2) is 11.3. The van der Waals surface area contributed by atoms with Crippen LogP contribution >= 0.6 is 0 Å². The van der Waals surface area contributed by atoms with Gasteiger partial charge in [0.15, 0.2) is 0 Å². The molecule has 1 aromatic heterocycles. The first-order valence-corrected chi connectivity index (χ1v) is 10.9. The van der Waals surface area contributed by atoms with Crippen LogP contribution in [-0.4, -0.2) is 46.7 Å². The van der Waals surface area contributed by atoms with Crippen LogP contribution in [0.5, 0.6) is 0 Å². The average Bonchev–Trinajstić information content (AvgIpc) is 3.20. The summed E-state index contributed by atoms with van der Waals surface area (Å²) in [6.07, 6.45) is 1.31. The van der Waals surface area contributed by atoms with Crippen molar-refractivity contribution < 1.29 is 23.6 Å². The summed E-state index contributed by atoms with van der Waals surface area (Å²) in [6.45, 7) is 0. The van der Waals surface area contributed by atoms with E-state index in [1.54, 1.807) is 12.3 Å². The molecule has 35 heavy (non-hydrogen) atoms. The number of nitrogens with one attached hydrogen (secondary N) is 3. The van der Waals surface area contributed by atoms with Crippen LogP contribution in [0.4, 0.5) is 4.39 Å². The fraction of sp³-hybridized carbons (Fsp3) is 0.250. The molecule has 0 radical (unpaired) electrons. The molecule has 3 rings (SSSR count). The summed E-state index contributed by atoms with van der Waals surface area (Å²) in [6, 6.07) is 9.37. The molecule has 1 heterocycles. The Hall–Kier alpha value is -4.25. The van der Waals surface area contributed by atoms with Gasteiger partial charge in [-0.05, 0) is 29.3 Å². The highest BCUT2D eigenvalue weighted by Gasteiger charge is 2.29. The van der Waals surface area contributed by atoms with Crippen LogP contribution < -0.4 is 27.8 Å². The summed E-state index contributed by atoms with van der Waals surface area (Å²) < 4.78 is 13.6. The van der Waals surface area contributed by atoms with Gasteiger partial charge in [0.2, 0.25) is 23.6 Å². The number of aromatic nitrogens is 1. The van der Waals surface area contributed by atoms with Crippen molar-refractivity contribution >= 4 is 34.5 Å². The number of hydrogen-bond donors (Lipinski definition) is 6. The maximum Gasteiger partial charge on any atom is 0.243 e. The Morgan fingerprint density at radius 2 is 1.63 bits per heavy atom. The van der Waals surface area contributed by atoms with Crippen molar-refractivity contribution in [2.45, 2.75) is 37.4 Å². The summed E-state index contributed by atoms with van der Waals surface area (Å²) in [5.41, 5.74) is 18.3. The number of carbonyl (C=O) groups is 4. The van der Waals surface area contributed by atoms with E-state index in [9.17, 15) is 23.6 Å². The molecule has 10 nitrogen and oxygen atoms in total. The molecule has 0 bridgehead atoms. The molecule has 184 valence electrons. The molecule has 0 saturated carbocycles. The van der Waals surface area contributed by atoms with E-state index in [1.807, 2.05) is 24.3 Å². The zero-order chi connectivity index (χ0) is 25.5. The van der Waals surface area contributed by atoms with Gasteiger partial charge in [0.1, 0.15) is 17.9 Å². The lowest BCUT2D eigenvalue weighted by atomic mass is 10.0. The van der Waals surface area contributed by atoms with Crippen molar-refractivity contribution in [2.75, 3.05) is 0 Å². The van der Waals surface area contributed by atoms with Gasteiger partial charge in [-0.3, -0.25) is 19.2 Å². The van der Waals surface area contributed by atoms with E-state index >= 15 is 0 Å². The van der Waals surface area contributed by atoms with E-state index in [2.05, 4.69) is 15.6 Å². The molecule has 2 aromatic carbocycles. The van der Waals surface area contributed by atoms with Gasteiger partial charge in [-0.25, -0.2) is 4.39 Å². The normalized spacial score (nSPS) is 13.5. The second-order valence-corrected chi connectivity index (χ2v) is 8.20. The van der Waals surface area contributed by atoms with Crippen LogP contribution in [0.25, 0.3) is 10.9 Å². The van der Waals surface area contributed by atoms with E-state index in [0.717, 1.165) is 16.5 Å². The number of primary amides is 2. The van der Waals surface area contributed by atoms with Gasteiger partial charge in [0.05, 0.1) is 12.5 Å². The SMILES string of the molecule is NC(=O)C[C@H](N)C(=O)N[C@H](Cc1c[nH]c2ccccc12)C(=O)N[C@@H](Cc1cccc(F)c1)C(N)=O. The standard InChI is InChI=1S/C24H27FN6O4/c25-15-5-3-4-13(8-15)9-19(22(28)33)30-24(35)20(31-23(34)17(26)11-21(27)32)10-14-12-29-18-7-2-1-6-16(14)18/h1-8,12,17,19-20,29H,9-11,26H2,(H2,27,32)(H2,28,33)(H,30,35)(H,31,34)/t17-,19-,20+/m0/s1. The number of hydrogen-bond acceptors (Lipinski definition) is 5. The summed E-state index contributed by atoms with van der Waals surface area (Å²) in [5.74, 6) is -3.55. The minimum atomic E-state index is -1.26. The zero-order valence-corrected chi connectivity index (χ0v) is 18.8. The summed E-state index contributed by atoms with van der Waals surface area (Å²) in [7, 11) is 0. The second-order valence-electron chi connectivity index (χ2n) is 8.20. The molecule has 0 aliphatic rings. The zero-order valence-electron chi connectivity index (χ0n) is 18.8. The average molecular weight is 483 g/mol. The van der Waals surface area contributed by atoms with E-state index in [0.29, 0.717) is 5.56 Å². The highest BCUT2D eigenvalue weighted by Crippen LogP contribution is 2.19. The fourth-order valence-electron chi connectivity index (χ4n) is 3.71. The van der Waals surface area contributed by atoms with Crippen LogP contribution in [0.15, 0.2) is 54.7 Å². The highest BCUT2D eigenvalue weighted by molar-refractivity contribution is 5.94. The molecule has 3 atom stereocenters. The molecule has 0 saturated heterocycles. The number of aromatic amines is 1. The number of nitrogens with two attached hydrogens (primary N) is 3. The quantitative estimate of drug-likeness (QED) is 0.220. The minimum Gasteiger partial charge on any atom is -0.370 e. The summed E-state index contributed by atoms with van der Waals surface area (Å²) in [5, 5.41) is 5.91. The van der Waals surface area contributed by atoms with E-state index in [-0.39, 0.29) is 12.8 Å². The third kappa shape index (κ3) is 6.87. The molecular formula is C24H27FN6O4. The van der Waals surface area contributed by atoms with Crippen LogP contribution in [0.3, 0.4) is 0 Å². The Bertz CT molecular complexity index is 1240. The largest absolute Gasteiger partial charge is 0.370 e. The third-order valence-corrected chi connectivity index (χ3v) is 5.48. The first kappa shape index (κ1) is 25.4. The number of para-hydroxylation sites is 1. The Kier molecular flexibility index (Phi) is 8.16. The third-order valence-electron chi connectivity index (χ3n) is 5.48. The fourth-order valence-corrected chi connectivity index (χ4v) is 3.71. The lowest BCUT2D eigenvalue weighted by molar-refractivity contribution is -0.132. The Balaban J connectivity index is 1.82. The number of amides is 4. The molecule has 0 fully saturated rings. The number of H-pyrrole nitrogens is 1. The molecule has 9 N–H and O–H groups in total. The molecule has 11 heteroatoms. The predicted molar refractivity (Wildman–Crippen MR) is 127 cm³/mol. The van der Waals surface area contributed by atoms with Crippen molar-refractivity contribution in [3.05, 3.63) is 71.7 Å². The van der Waals surface area contributed by atoms with Gasteiger partial charge in [0.25, 0.3) is 0 Å². The van der Waals surface area contributed by atoms with Gasteiger partial charge in [-0.15, -0.1) is 0 Å². The summed E-state index contributed by atoms with van der Waals surface area (Å²) >= 11 is 0. The first-order chi connectivity index (χ1) is 16.6. The molecule has 0 spiro atoms. The minimum absolute atomic E-state index is 0.0478. The maximum atomic E-state index is 13.6. The molecule has 4 amide bonds. The van der Waals surface area contributed by atoms with Crippen molar-refractivity contribution in [3.63, 3.8) is 0 Å². The molecule has 0 unspecified atom stereocenters. The van der Waals surface area contributed by atoms with Crippen LogP contribution in [0, 0.1) is 5.82 Å². The predicted octanol–water partition coefficient (Wildman–Crippen LogP) is -0.250. The van der Waals surface area contributed by atoms with Gasteiger partial charge >= 0.3 is 0 Å². The number of benzene rings is 2. The van der Waals surface area contributed by atoms with Crippen LogP contribution in [0.2, 0.25) is 0 Å². The molecule has 0 aliphatic carbocycles. The number of halogens is 1. The molecular weight excluding hydrogens is 455 g/mol. The highest BCUT2D eigenvalue weighted by atomic mass is 19.1. The summed E-state index contributed by atoms with van der Waals surface area (Å²) in [4.78, 5) is 52.1. The first-order valence-electron chi connectivity index (χ1n) is 10.9. The van der Waals surface area contributed by atoms with Crippen LogP contribution in [0.1, 0.15) is 17.5 Å². The van der Waals surface area contributed by atoms with Crippen molar-refractivity contribution in [2.24, 2.45) is 17.2 Å². The van der Waals surface area contributed by atoms with Gasteiger partial charge < -0.3 is 32.8 Å².